The minimum Gasteiger partial charge on any atom is -0.453 e. The zero-order chi connectivity index (χ0) is 19.0. The number of hydrogen-bond donors (Lipinski definition) is 2. The van der Waals surface area contributed by atoms with Crippen LogP contribution in [0, 0.1) is 5.82 Å². The zero-order valence-electron chi connectivity index (χ0n) is 14.8. The van der Waals surface area contributed by atoms with Crippen molar-refractivity contribution in [3.05, 3.63) is 69.8 Å². The van der Waals surface area contributed by atoms with Crippen molar-refractivity contribution in [1.29, 1.82) is 0 Å². The Labute approximate surface area is 155 Å². The van der Waals surface area contributed by atoms with Crippen LogP contribution in [0.5, 0.6) is 0 Å². The molecular weight excluding hydrogens is 347 g/mol. The predicted molar refractivity (Wildman–Crippen MR) is 98.6 cm³/mol. The Morgan fingerprint density at radius 3 is 2.63 bits per heavy atom. The van der Waals surface area contributed by atoms with Gasteiger partial charge >= 0.3 is 6.09 Å². The molecule has 2 N–H and O–H groups in total. The molecular formula is C21H19FN2O3. The van der Waals surface area contributed by atoms with Crippen LogP contribution < -0.4 is 21.1 Å². The molecule has 5 nitrogen and oxygen atoms in total. The summed E-state index contributed by atoms with van der Waals surface area (Å²) in [5, 5.41) is 7.85. The molecule has 27 heavy (non-hydrogen) atoms. The second-order valence-electron chi connectivity index (χ2n) is 6.71. The van der Waals surface area contributed by atoms with Gasteiger partial charge in [0.25, 0.3) is 5.91 Å². The summed E-state index contributed by atoms with van der Waals surface area (Å²) in [7, 11) is 1.31. The van der Waals surface area contributed by atoms with E-state index in [9.17, 15) is 14.0 Å². The first-order chi connectivity index (χ1) is 13.1. The first-order valence-corrected chi connectivity index (χ1v) is 8.82. The summed E-state index contributed by atoms with van der Waals surface area (Å²) in [6.45, 7) is 0. The van der Waals surface area contributed by atoms with Crippen LogP contribution in [-0.2, 0) is 11.2 Å². The van der Waals surface area contributed by atoms with E-state index < -0.39 is 18.0 Å². The Morgan fingerprint density at radius 1 is 1.11 bits per heavy atom. The molecule has 0 aliphatic heterocycles. The summed E-state index contributed by atoms with van der Waals surface area (Å²) in [6, 6.07) is 11.0. The summed E-state index contributed by atoms with van der Waals surface area (Å²) in [4.78, 5) is 24.5. The van der Waals surface area contributed by atoms with Crippen molar-refractivity contribution < 1.29 is 18.7 Å². The van der Waals surface area contributed by atoms with Gasteiger partial charge in [-0.05, 0) is 54.3 Å². The highest BCUT2D eigenvalue weighted by atomic mass is 19.1. The molecule has 0 fully saturated rings. The van der Waals surface area contributed by atoms with E-state index in [0.29, 0.717) is 17.7 Å². The Balaban J connectivity index is 1.78. The summed E-state index contributed by atoms with van der Waals surface area (Å²) in [5.74, 6) is -0.747. The summed E-state index contributed by atoms with van der Waals surface area (Å²) in [6.07, 6.45) is 1.98. The predicted octanol–water partition coefficient (Wildman–Crippen LogP) is 1.59. The fourth-order valence-corrected chi connectivity index (χ4v) is 3.88. The summed E-state index contributed by atoms with van der Waals surface area (Å²) in [5.41, 5.74) is 3.52. The Kier molecular flexibility index (Phi) is 4.39. The van der Waals surface area contributed by atoms with Crippen molar-refractivity contribution in [2.45, 2.75) is 25.3 Å². The molecule has 0 radical (unpaired) electrons. The van der Waals surface area contributed by atoms with Gasteiger partial charge in [-0.3, -0.25) is 4.79 Å². The Hall–Kier alpha value is -3.15. The average Bonchev–Trinajstić information content (AvgIpc) is 3.09. The first-order valence-electron chi connectivity index (χ1n) is 8.82. The van der Waals surface area contributed by atoms with Crippen LogP contribution in [0.2, 0.25) is 0 Å². The molecule has 0 spiro atoms. The second kappa shape index (κ2) is 6.87. The lowest BCUT2D eigenvalue weighted by atomic mass is 9.94. The van der Waals surface area contributed by atoms with Gasteiger partial charge < -0.3 is 15.4 Å². The Morgan fingerprint density at radius 2 is 1.89 bits per heavy atom. The van der Waals surface area contributed by atoms with Gasteiger partial charge in [0.2, 0.25) is 0 Å². The number of rotatable bonds is 3. The minimum absolute atomic E-state index is 0.347. The number of halogens is 1. The number of aryl methyl sites for hydroxylation is 1. The van der Waals surface area contributed by atoms with Gasteiger partial charge in [0.1, 0.15) is 5.82 Å². The third kappa shape index (κ3) is 3.18. The number of nitrogens with one attached hydrogen (secondary N) is 2. The number of benzene rings is 2. The summed E-state index contributed by atoms with van der Waals surface area (Å²) >= 11 is 0. The van der Waals surface area contributed by atoms with Gasteiger partial charge in [-0.2, -0.15) is 0 Å². The molecule has 6 heteroatoms. The molecule has 0 aromatic heterocycles. The van der Waals surface area contributed by atoms with E-state index in [1.165, 1.54) is 47.7 Å². The topological polar surface area (TPSA) is 67.4 Å². The molecule has 0 bridgehead atoms. The maximum absolute atomic E-state index is 13.1. The number of amides is 2. The van der Waals surface area contributed by atoms with Crippen molar-refractivity contribution in [2.75, 3.05) is 7.11 Å². The molecule has 0 heterocycles. The van der Waals surface area contributed by atoms with E-state index in [1.807, 2.05) is 12.1 Å². The van der Waals surface area contributed by atoms with Gasteiger partial charge in [-0.1, -0.05) is 23.8 Å². The van der Waals surface area contributed by atoms with Gasteiger partial charge in [0, 0.05) is 16.5 Å². The lowest BCUT2D eigenvalue weighted by molar-refractivity contribution is 0.0970. The summed E-state index contributed by atoms with van der Waals surface area (Å²) < 4.78 is 17.9. The smallest absolute Gasteiger partial charge is 0.407 e. The van der Waals surface area contributed by atoms with E-state index in [-0.39, 0.29) is 5.91 Å². The number of methoxy groups -OCH3 is 1. The normalized spacial score (nSPS) is 17.3. The lowest BCUT2D eigenvalue weighted by Crippen LogP contribution is -2.50. The number of alkyl carbamates (subject to hydrolysis) is 1. The molecule has 0 saturated carbocycles. The zero-order valence-corrected chi connectivity index (χ0v) is 14.8. The first kappa shape index (κ1) is 17.3. The number of carbonyl (C=O) groups excluding carboxylic acids is 2. The molecule has 1 atom stereocenters. The minimum atomic E-state index is -0.549. The third-order valence-electron chi connectivity index (χ3n) is 5.12. The molecule has 2 aromatic carbocycles. The number of ether oxygens (including phenoxy) is 1. The van der Waals surface area contributed by atoms with Crippen LogP contribution in [-0.4, -0.2) is 25.2 Å². The molecule has 2 amide bonds. The van der Waals surface area contributed by atoms with Crippen LogP contribution in [0.4, 0.5) is 9.18 Å². The van der Waals surface area contributed by atoms with Crippen LogP contribution in [0.25, 0.3) is 11.3 Å². The average molecular weight is 366 g/mol. The van der Waals surface area contributed by atoms with Gasteiger partial charge in [0.05, 0.1) is 13.2 Å². The quantitative estimate of drug-likeness (QED) is 0.867. The highest BCUT2D eigenvalue weighted by Gasteiger charge is 2.28. The molecule has 2 aliphatic rings. The van der Waals surface area contributed by atoms with Gasteiger partial charge in [0.15, 0.2) is 0 Å². The van der Waals surface area contributed by atoms with E-state index in [4.69, 9.17) is 4.74 Å². The van der Waals surface area contributed by atoms with E-state index in [0.717, 1.165) is 18.1 Å². The second-order valence-corrected chi connectivity index (χ2v) is 6.71. The monoisotopic (exact) mass is 366 g/mol. The maximum atomic E-state index is 13.1. The van der Waals surface area contributed by atoms with Crippen molar-refractivity contribution >= 4 is 23.3 Å². The van der Waals surface area contributed by atoms with Crippen molar-refractivity contribution in [1.82, 2.24) is 10.6 Å². The SMILES string of the molecule is COC(=O)NC1CC2=c3c(cccc3=C1NC(=O)c1ccc(F)cc1)CC2. The van der Waals surface area contributed by atoms with Crippen LogP contribution in [0.15, 0.2) is 42.5 Å². The van der Waals surface area contributed by atoms with E-state index in [2.05, 4.69) is 16.7 Å². The standard InChI is InChI=1S/C21H19FN2O3/c1-27-21(26)23-17-11-14-6-5-12-3-2-4-16(18(12)14)19(17)24-20(25)13-7-9-15(22)10-8-13/h2-4,7-10,17H,5-6,11H2,1H3,(H,23,26)(H,24,25). The molecule has 1 unspecified atom stereocenters. The lowest BCUT2D eigenvalue weighted by Gasteiger charge is -2.26. The highest BCUT2D eigenvalue weighted by Crippen LogP contribution is 2.24. The van der Waals surface area contributed by atoms with Crippen molar-refractivity contribution in [3.8, 4) is 0 Å². The highest BCUT2D eigenvalue weighted by molar-refractivity contribution is 5.98. The fraction of sp³-hybridized carbons (Fsp3) is 0.238. The van der Waals surface area contributed by atoms with Crippen molar-refractivity contribution in [2.24, 2.45) is 0 Å². The third-order valence-corrected chi connectivity index (χ3v) is 5.12. The number of hydrogen-bond acceptors (Lipinski definition) is 3. The number of carbonyl (C=O) groups is 2. The molecule has 4 rings (SSSR count). The Bertz CT molecular complexity index is 1040. The van der Waals surface area contributed by atoms with E-state index in [1.54, 1.807) is 0 Å². The fourth-order valence-electron chi connectivity index (χ4n) is 3.88. The molecule has 2 aromatic rings. The molecule has 138 valence electrons. The van der Waals surface area contributed by atoms with Crippen molar-refractivity contribution in [3.63, 3.8) is 0 Å². The van der Waals surface area contributed by atoms with Crippen LogP contribution in [0.3, 0.4) is 0 Å². The molecule has 2 aliphatic carbocycles. The largest absolute Gasteiger partial charge is 0.453 e. The van der Waals surface area contributed by atoms with Crippen LogP contribution >= 0.6 is 0 Å². The maximum Gasteiger partial charge on any atom is 0.407 e. The van der Waals surface area contributed by atoms with E-state index >= 15 is 0 Å². The van der Waals surface area contributed by atoms with Gasteiger partial charge in [-0.25, -0.2) is 9.18 Å². The molecule has 0 saturated heterocycles. The van der Waals surface area contributed by atoms with Gasteiger partial charge in [-0.15, -0.1) is 0 Å². The van der Waals surface area contributed by atoms with Crippen LogP contribution in [0.1, 0.15) is 28.8 Å².